The van der Waals surface area contributed by atoms with Crippen LogP contribution in [0.5, 0.6) is 5.75 Å². The summed E-state index contributed by atoms with van der Waals surface area (Å²) in [6, 6.07) is 2.33. The molecule has 0 amide bonds. The van der Waals surface area contributed by atoms with Crippen LogP contribution in [0.2, 0.25) is 10.0 Å². The van der Waals surface area contributed by atoms with E-state index in [1.54, 1.807) is 0 Å². The minimum Gasteiger partial charge on any atom is -0.490 e. The molecule has 0 fully saturated rings. The van der Waals surface area contributed by atoms with Gasteiger partial charge in [-0.1, -0.05) is 60.4 Å². The summed E-state index contributed by atoms with van der Waals surface area (Å²) in [5, 5.41) is 13.3. The third-order valence-corrected chi connectivity index (χ3v) is 6.46. The van der Waals surface area contributed by atoms with E-state index in [2.05, 4.69) is 16.7 Å². The molecule has 1 aliphatic heterocycles. The summed E-state index contributed by atoms with van der Waals surface area (Å²) in [5.74, 6) is 0.263. The predicted octanol–water partition coefficient (Wildman–Crippen LogP) is 6.53. The maximum Gasteiger partial charge on any atom is 0.417 e. The van der Waals surface area contributed by atoms with E-state index in [1.807, 2.05) is 13.8 Å². The van der Waals surface area contributed by atoms with Crippen molar-refractivity contribution in [2.24, 2.45) is 11.7 Å². The highest BCUT2D eigenvalue weighted by Crippen LogP contribution is 2.39. The number of hydrogen-bond donors (Lipinski definition) is 2. The summed E-state index contributed by atoms with van der Waals surface area (Å²) in [4.78, 5) is 5.61. The molecule has 2 atom stereocenters. The third kappa shape index (κ3) is 6.88. The van der Waals surface area contributed by atoms with Crippen molar-refractivity contribution in [2.75, 3.05) is 13.2 Å². The SMILES string of the molecule is C=C1C(Cl)=CC(C(F)(F)F)=CN1C=C(c1noc(-c2cc(Cl)c(OCC(N)CO)cc2Cl)n1)C(C)CC. The van der Waals surface area contributed by atoms with Crippen LogP contribution in [0, 0.1) is 5.92 Å². The average Bonchev–Trinajstić information content (AvgIpc) is 3.33. The Hall–Kier alpha value is -2.50. The van der Waals surface area contributed by atoms with Crippen molar-refractivity contribution in [1.29, 1.82) is 0 Å². The summed E-state index contributed by atoms with van der Waals surface area (Å²) in [6.45, 7) is 7.31. The lowest BCUT2D eigenvalue weighted by molar-refractivity contribution is -0.0892. The Labute approximate surface area is 226 Å². The maximum atomic E-state index is 13.4. The fourth-order valence-electron chi connectivity index (χ4n) is 3.16. The first-order valence-corrected chi connectivity index (χ1v) is 12.2. The molecule has 2 aromatic rings. The molecule has 3 rings (SSSR count). The minimum absolute atomic E-state index is 0.0190. The standard InChI is InChI=1S/C24H24Cl3F3N4O3/c1-4-12(2)17(9-34-8-14(24(28,29)30)5-18(25)13(34)3)22-32-23(37-33-22)16-6-20(27)21(7-19(16)26)36-11-15(31)10-35/h5-9,12,15,35H,3-4,10-11,31H2,1-2H3. The van der Waals surface area contributed by atoms with Crippen molar-refractivity contribution >= 4 is 40.4 Å². The molecule has 1 aromatic heterocycles. The van der Waals surface area contributed by atoms with Crippen LogP contribution in [-0.4, -0.2) is 45.6 Å². The van der Waals surface area contributed by atoms with Gasteiger partial charge in [0.1, 0.15) is 12.4 Å². The molecule has 37 heavy (non-hydrogen) atoms. The average molecular weight is 580 g/mol. The number of nitrogens with zero attached hydrogens (tertiary/aromatic N) is 3. The summed E-state index contributed by atoms with van der Waals surface area (Å²) in [7, 11) is 0. The Morgan fingerprint density at radius 2 is 2.00 bits per heavy atom. The van der Waals surface area contributed by atoms with Gasteiger partial charge in [0, 0.05) is 24.0 Å². The molecule has 0 saturated heterocycles. The number of aliphatic hydroxyl groups excluding tert-OH is 1. The van der Waals surface area contributed by atoms with Crippen molar-refractivity contribution in [1.82, 2.24) is 15.0 Å². The Balaban J connectivity index is 1.97. The number of aliphatic hydroxyl groups is 1. The maximum absolute atomic E-state index is 13.4. The van der Waals surface area contributed by atoms with E-state index in [1.165, 1.54) is 23.2 Å². The van der Waals surface area contributed by atoms with Gasteiger partial charge in [0.2, 0.25) is 0 Å². The van der Waals surface area contributed by atoms with Crippen molar-refractivity contribution in [3.63, 3.8) is 0 Å². The Bertz CT molecular complexity index is 1260. The molecule has 1 aliphatic rings. The lowest BCUT2D eigenvalue weighted by Gasteiger charge is -2.26. The number of ether oxygens (including phenoxy) is 1. The Morgan fingerprint density at radius 1 is 1.30 bits per heavy atom. The molecule has 0 radical (unpaired) electrons. The molecule has 0 spiro atoms. The van der Waals surface area contributed by atoms with Crippen LogP contribution in [0.4, 0.5) is 13.2 Å². The zero-order valence-electron chi connectivity index (χ0n) is 19.8. The topological polar surface area (TPSA) is 97.6 Å². The number of hydrogen-bond acceptors (Lipinski definition) is 7. The quantitative estimate of drug-likeness (QED) is 0.349. The highest BCUT2D eigenvalue weighted by molar-refractivity contribution is 6.36. The van der Waals surface area contributed by atoms with Crippen molar-refractivity contribution in [2.45, 2.75) is 32.5 Å². The first-order valence-electron chi connectivity index (χ1n) is 11.0. The zero-order chi connectivity index (χ0) is 27.5. The summed E-state index contributed by atoms with van der Waals surface area (Å²) in [5.41, 5.74) is 5.68. The molecular weight excluding hydrogens is 556 g/mol. The van der Waals surface area contributed by atoms with Crippen LogP contribution in [0.3, 0.4) is 0 Å². The number of nitrogens with two attached hydrogens (primary N) is 1. The molecule has 0 aliphatic carbocycles. The number of allylic oxidation sites excluding steroid dienone is 4. The van der Waals surface area contributed by atoms with Crippen LogP contribution in [0.25, 0.3) is 17.0 Å². The van der Waals surface area contributed by atoms with Gasteiger partial charge in [-0.2, -0.15) is 18.2 Å². The fourth-order valence-corrected chi connectivity index (χ4v) is 3.82. The number of rotatable bonds is 9. The largest absolute Gasteiger partial charge is 0.490 e. The predicted molar refractivity (Wildman–Crippen MR) is 137 cm³/mol. The van der Waals surface area contributed by atoms with Crippen molar-refractivity contribution in [3.05, 3.63) is 69.4 Å². The van der Waals surface area contributed by atoms with Gasteiger partial charge in [-0.25, -0.2) is 0 Å². The molecule has 0 saturated carbocycles. The number of aromatic nitrogens is 2. The van der Waals surface area contributed by atoms with Gasteiger partial charge in [-0.3, -0.25) is 0 Å². The van der Waals surface area contributed by atoms with Crippen LogP contribution < -0.4 is 10.5 Å². The molecule has 200 valence electrons. The van der Waals surface area contributed by atoms with E-state index in [0.29, 0.717) is 17.6 Å². The summed E-state index contributed by atoms with van der Waals surface area (Å²) in [6.07, 6.45) is -0.806. The first kappa shape index (κ1) is 29.1. The smallest absolute Gasteiger partial charge is 0.417 e. The zero-order valence-corrected chi connectivity index (χ0v) is 22.1. The fraction of sp³-hybridized carbons (Fsp3) is 0.333. The minimum atomic E-state index is -4.60. The molecule has 3 N–H and O–H groups in total. The second kappa shape index (κ2) is 11.9. The number of halogens is 6. The van der Waals surface area contributed by atoms with E-state index in [-0.39, 0.29) is 57.4 Å². The number of alkyl halides is 3. The molecule has 2 unspecified atom stereocenters. The van der Waals surface area contributed by atoms with Gasteiger partial charge in [0.25, 0.3) is 5.89 Å². The van der Waals surface area contributed by atoms with E-state index < -0.39 is 17.8 Å². The van der Waals surface area contributed by atoms with Gasteiger partial charge in [-0.15, -0.1) is 0 Å². The first-order chi connectivity index (χ1) is 17.3. The van der Waals surface area contributed by atoms with Gasteiger partial charge in [0.15, 0.2) is 5.82 Å². The lowest BCUT2D eigenvalue weighted by Crippen LogP contribution is -2.31. The van der Waals surface area contributed by atoms with Crippen LogP contribution in [-0.2, 0) is 0 Å². The van der Waals surface area contributed by atoms with Crippen molar-refractivity contribution in [3.8, 4) is 17.2 Å². The molecule has 0 bridgehead atoms. The van der Waals surface area contributed by atoms with Crippen LogP contribution in [0.1, 0.15) is 26.1 Å². The van der Waals surface area contributed by atoms with E-state index in [4.69, 9.17) is 54.9 Å². The van der Waals surface area contributed by atoms with E-state index in [9.17, 15) is 13.2 Å². The molecule has 7 nitrogen and oxygen atoms in total. The highest BCUT2D eigenvalue weighted by atomic mass is 35.5. The third-order valence-electron chi connectivity index (χ3n) is 5.52. The highest BCUT2D eigenvalue weighted by Gasteiger charge is 2.35. The second-order valence-electron chi connectivity index (χ2n) is 8.26. The number of benzene rings is 1. The second-order valence-corrected chi connectivity index (χ2v) is 9.48. The van der Waals surface area contributed by atoms with Gasteiger partial charge >= 0.3 is 6.18 Å². The van der Waals surface area contributed by atoms with Crippen LogP contribution >= 0.6 is 34.8 Å². The van der Waals surface area contributed by atoms with E-state index in [0.717, 1.165) is 12.3 Å². The van der Waals surface area contributed by atoms with Gasteiger partial charge < -0.3 is 25.0 Å². The van der Waals surface area contributed by atoms with Crippen molar-refractivity contribution < 1.29 is 27.5 Å². The Kier molecular flexibility index (Phi) is 9.36. The normalized spacial score (nSPS) is 16.4. The summed E-state index contributed by atoms with van der Waals surface area (Å²) >= 11 is 18.7. The molecular formula is C24H24Cl3F3N4O3. The molecule has 13 heteroatoms. The van der Waals surface area contributed by atoms with Gasteiger partial charge in [-0.05, 0) is 24.5 Å². The van der Waals surface area contributed by atoms with Gasteiger partial charge in [0.05, 0.1) is 44.6 Å². The van der Waals surface area contributed by atoms with Crippen LogP contribution in [0.15, 0.2) is 58.0 Å². The van der Waals surface area contributed by atoms with E-state index >= 15 is 0 Å². The molecule has 1 aromatic carbocycles. The summed E-state index contributed by atoms with van der Waals surface area (Å²) < 4.78 is 51.0. The monoisotopic (exact) mass is 578 g/mol. The Morgan fingerprint density at radius 3 is 2.62 bits per heavy atom. The lowest BCUT2D eigenvalue weighted by atomic mass is 9.98. The molecule has 2 heterocycles.